The van der Waals surface area contributed by atoms with Crippen LogP contribution in [0.25, 0.3) is 0 Å². The molecule has 0 heterocycles. The van der Waals surface area contributed by atoms with E-state index in [1.165, 1.54) is 12.1 Å². The van der Waals surface area contributed by atoms with E-state index in [9.17, 15) is 44.6 Å². The Balaban J connectivity index is 3.01. The van der Waals surface area contributed by atoms with E-state index in [-0.39, 0.29) is 17.4 Å². The summed E-state index contributed by atoms with van der Waals surface area (Å²) in [5.74, 6) is -19.3. The van der Waals surface area contributed by atoms with Gasteiger partial charge in [-0.3, -0.25) is 0 Å². The summed E-state index contributed by atoms with van der Waals surface area (Å²) in [6.45, 7) is 3.35. The summed E-state index contributed by atoms with van der Waals surface area (Å²) in [4.78, 5) is 0. The predicted octanol–water partition coefficient (Wildman–Crippen LogP) is 5.37. The van der Waals surface area contributed by atoms with Crippen molar-refractivity contribution in [3.63, 3.8) is 0 Å². The first-order chi connectivity index (χ1) is 11.5. The van der Waals surface area contributed by atoms with Gasteiger partial charge in [0.1, 0.15) is 5.75 Å². The Labute approximate surface area is 142 Å². The molecule has 1 aromatic rings. The van der Waals surface area contributed by atoms with Gasteiger partial charge in [-0.25, -0.2) is 0 Å². The maximum atomic E-state index is 13.5. The number of benzene rings is 1. The van der Waals surface area contributed by atoms with Crippen molar-refractivity contribution in [3.05, 3.63) is 29.8 Å². The van der Waals surface area contributed by atoms with Crippen molar-refractivity contribution < 1.29 is 49.4 Å². The molecule has 0 fully saturated rings. The number of hydrogen-bond acceptors (Lipinski definition) is 2. The molecule has 11 heteroatoms. The molecule has 1 rings (SSSR count). The van der Waals surface area contributed by atoms with Crippen LogP contribution in [0.1, 0.15) is 31.9 Å². The second-order valence-corrected chi connectivity index (χ2v) is 5.81. The van der Waals surface area contributed by atoms with Crippen LogP contribution in [0.15, 0.2) is 24.3 Å². The van der Waals surface area contributed by atoms with Crippen LogP contribution < -0.4 is 4.74 Å². The van der Waals surface area contributed by atoms with Crippen LogP contribution in [-0.2, 0) is 0 Å². The molecule has 1 unspecified atom stereocenters. The average molecular weight is 398 g/mol. The third-order valence-electron chi connectivity index (χ3n) is 3.30. The fraction of sp³-hybridized carbons (Fsp3) is 0.600. The SMILES string of the molecule is CC(C)Oc1ccc(C(O)CC(F)(F)C(F)(F)C(F)(F)C(F)(F)F)cc1. The largest absolute Gasteiger partial charge is 0.491 e. The van der Waals surface area contributed by atoms with Crippen LogP contribution in [-0.4, -0.2) is 35.2 Å². The van der Waals surface area contributed by atoms with E-state index in [4.69, 9.17) is 4.74 Å². The van der Waals surface area contributed by atoms with Crippen molar-refractivity contribution in [2.75, 3.05) is 0 Å². The van der Waals surface area contributed by atoms with Crippen molar-refractivity contribution in [1.29, 1.82) is 0 Å². The molecule has 1 N–H and O–H groups in total. The van der Waals surface area contributed by atoms with Gasteiger partial charge in [-0.2, -0.15) is 39.5 Å². The van der Waals surface area contributed by atoms with Crippen LogP contribution in [0.5, 0.6) is 5.75 Å². The number of alkyl halides is 9. The molecule has 0 amide bonds. The summed E-state index contributed by atoms with van der Waals surface area (Å²) in [5, 5.41) is 9.58. The Kier molecular flexibility index (Phi) is 6.17. The maximum Gasteiger partial charge on any atom is 0.460 e. The lowest BCUT2D eigenvalue weighted by Gasteiger charge is -2.34. The Bertz CT molecular complexity index is 594. The molecule has 0 saturated heterocycles. The van der Waals surface area contributed by atoms with Gasteiger partial charge in [-0.15, -0.1) is 0 Å². The van der Waals surface area contributed by atoms with E-state index in [0.717, 1.165) is 12.1 Å². The number of hydrogen-bond donors (Lipinski definition) is 1. The van der Waals surface area contributed by atoms with Gasteiger partial charge in [0.25, 0.3) is 0 Å². The molecular formula is C15H15F9O2. The summed E-state index contributed by atoms with van der Waals surface area (Å²) >= 11 is 0. The minimum atomic E-state index is -6.97. The van der Waals surface area contributed by atoms with Crippen molar-refractivity contribution in [2.24, 2.45) is 0 Å². The Morgan fingerprint density at radius 3 is 1.69 bits per heavy atom. The highest BCUT2D eigenvalue weighted by Crippen LogP contribution is 2.55. The highest BCUT2D eigenvalue weighted by atomic mass is 19.4. The number of aliphatic hydroxyl groups is 1. The van der Waals surface area contributed by atoms with E-state index in [0.29, 0.717) is 0 Å². The first kappa shape index (κ1) is 22.4. The van der Waals surface area contributed by atoms with Crippen molar-refractivity contribution in [2.45, 2.75) is 56.4 Å². The molecule has 0 bridgehead atoms. The zero-order valence-electron chi connectivity index (χ0n) is 13.4. The van der Waals surface area contributed by atoms with E-state index < -0.39 is 36.5 Å². The van der Waals surface area contributed by atoms with Crippen LogP contribution in [0, 0.1) is 0 Å². The summed E-state index contributed by atoms with van der Waals surface area (Å²) in [6, 6.07) is 4.38. The van der Waals surface area contributed by atoms with E-state index in [1.54, 1.807) is 13.8 Å². The number of aliphatic hydroxyl groups excluding tert-OH is 1. The van der Waals surface area contributed by atoms with Crippen molar-refractivity contribution in [3.8, 4) is 5.75 Å². The summed E-state index contributed by atoms with van der Waals surface area (Å²) in [5.41, 5.74) is -0.382. The summed E-state index contributed by atoms with van der Waals surface area (Å²) < 4.78 is 120. The molecular weight excluding hydrogens is 383 g/mol. The van der Waals surface area contributed by atoms with Gasteiger partial charge in [0, 0.05) is 6.42 Å². The molecule has 1 aromatic carbocycles. The third kappa shape index (κ3) is 4.36. The molecule has 2 nitrogen and oxygen atoms in total. The molecule has 1 atom stereocenters. The quantitative estimate of drug-likeness (QED) is 0.627. The van der Waals surface area contributed by atoms with Crippen LogP contribution >= 0.6 is 0 Å². The molecule has 26 heavy (non-hydrogen) atoms. The average Bonchev–Trinajstić information content (AvgIpc) is 2.45. The lowest BCUT2D eigenvalue weighted by atomic mass is 9.95. The first-order valence-electron chi connectivity index (χ1n) is 7.18. The van der Waals surface area contributed by atoms with Crippen LogP contribution in [0.2, 0.25) is 0 Å². The second kappa shape index (κ2) is 7.16. The lowest BCUT2D eigenvalue weighted by Crippen LogP contribution is -2.61. The Morgan fingerprint density at radius 1 is 0.846 bits per heavy atom. The summed E-state index contributed by atoms with van der Waals surface area (Å²) in [6.07, 6.45) is -11.9. The van der Waals surface area contributed by atoms with E-state index in [1.807, 2.05) is 0 Å². The van der Waals surface area contributed by atoms with Gasteiger partial charge in [-0.1, -0.05) is 12.1 Å². The third-order valence-corrected chi connectivity index (χ3v) is 3.30. The smallest absolute Gasteiger partial charge is 0.460 e. The monoisotopic (exact) mass is 398 g/mol. The van der Waals surface area contributed by atoms with Crippen LogP contribution in [0.3, 0.4) is 0 Å². The Hall–Kier alpha value is -1.65. The second-order valence-electron chi connectivity index (χ2n) is 5.81. The zero-order valence-corrected chi connectivity index (χ0v) is 13.4. The highest BCUT2D eigenvalue weighted by molar-refractivity contribution is 5.29. The summed E-state index contributed by atoms with van der Waals surface area (Å²) in [7, 11) is 0. The minimum Gasteiger partial charge on any atom is -0.491 e. The Morgan fingerprint density at radius 2 is 1.31 bits per heavy atom. The van der Waals surface area contributed by atoms with Crippen LogP contribution in [0.4, 0.5) is 39.5 Å². The fourth-order valence-electron chi connectivity index (χ4n) is 1.94. The number of rotatable bonds is 7. The van der Waals surface area contributed by atoms with E-state index in [2.05, 4.69) is 0 Å². The normalized spacial score (nSPS) is 15.3. The molecule has 0 saturated carbocycles. The first-order valence-corrected chi connectivity index (χ1v) is 7.18. The van der Waals surface area contributed by atoms with Gasteiger partial charge in [0.15, 0.2) is 0 Å². The molecule has 0 aromatic heterocycles. The molecule has 0 radical (unpaired) electrons. The van der Waals surface area contributed by atoms with Crippen molar-refractivity contribution in [1.82, 2.24) is 0 Å². The topological polar surface area (TPSA) is 29.5 Å². The molecule has 0 spiro atoms. The maximum absolute atomic E-state index is 13.5. The van der Waals surface area contributed by atoms with Crippen molar-refractivity contribution >= 4 is 0 Å². The zero-order chi connectivity index (χ0) is 20.6. The van der Waals surface area contributed by atoms with E-state index >= 15 is 0 Å². The molecule has 0 aliphatic heterocycles. The fourth-order valence-corrected chi connectivity index (χ4v) is 1.94. The lowest BCUT2D eigenvalue weighted by molar-refractivity contribution is -0.398. The minimum absolute atomic E-state index is 0.247. The number of halogens is 9. The van der Waals surface area contributed by atoms with Gasteiger partial charge in [-0.05, 0) is 31.5 Å². The molecule has 0 aliphatic carbocycles. The van der Waals surface area contributed by atoms with Gasteiger partial charge < -0.3 is 9.84 Å². The highest BCUT2D eigenvalue weighted by Gasteiger charge is 2.81. The standard InChI is InChI=1S/C15H15F9O2/c1-8(2)26-10-5-3-9(4-6-10)11(25)7-12(16,17)13(18,19)14(20,21)15(22,23)24/h3-6,8,11,25H,7H2,1-2H3. The number of ether oxygens (including phenoxy) is 1. The van der Waals surface area contributed by atoms with Gasteiger partial charge in [0.2, 0.25) is 0 Å². The van der Waals surface area contributed by atoms with Gasteiger partial charge >= 0.3 is 23.9 Å². The van der Waals surface area contributed by atoms with Gasteiger partial charge in [0.05, 0.1) is 12.2 Å². The molecule has 150 valence electrons. The predicted molar refractivity (Wildman–Crippen MR) is 72.7 cm³/mol. The molecule has 0 aliphatic rings.